The molecule has 4 heteroatoms. The molecule has 27 heavy (non-hydrogen) atoms. The van der Waals surface area contributed by atoms with Crippen LogP contribution in [-0.4, -0.2) is 29.8 Å². The van der Waals surface area contributed by atoms with Crippen molar-refractivity contribution in [1.82, 2.24) is 0 Å². The molecular formula is C23H33NO3. The highest BCUT2D eigenvalue weighted by molar-refractivity contribution is 5.67. The van der Waals surface area contributed by atoms with Crippen LogP contribution in [0.15, 0.2) is 12.1 Å². The summed E-state index contributed by atoms with van der Waals surface area (Å²) in [4.78, 5) is 13.5. The molecule has 2 aliphatic heterocycles. The largest absolute Gasteiger partial charge is 0.485 e. The molecule has 4 nitrogen and oxygen atoms in total. The molecule has 1 saturated heterocycles. The fourth-order valence-electron chi connectivity index (χ4n) is 5.55. The summed E-state index contributed by atoms with van der Waals surface area (Å²) < 4.78 is 6.32. The van der Waals surface area contributed by atoms with E-state index in [-0.39, 0.29) is 5.60 Å². The van der Waals surface area contributed by atoms with Crippen LogP contribution in [0.2, 0.25) is 0 Å². The second-order valence-electron chi connectivity index (χ2n) is 9.84. The summed E-state index contributed by atoms with van der Waals surface area (Å²) in [6, 6.07) is 4.57. The number of benzene rings is 1. The van der Waals surface area contributed by atoms with Gasteiger partial charge in [-0.05, 0) is 82.3 Å². The summed E-state index contributed by atoms with van der Waals surface area (Å²) in [5, 5.41) is 9.05. The molecule has 1 saturated carbocycles. The second-order valence-corrected chi connectivity index (χ2v) is 9.84. The molecule has 0 amide bonds. The fraction of sp³-hybridized carbons (Fsp3) is 0.696. The predicted molar refractivity (Wildman–Crippen MR) is 108 cm³/mol. The minimum absolute atomic E-state index is 0.107. The van der Waals surface area contributed by atoms with Crippen LogP contribution in [0.4, 0.5) is 5.69 Å². The fourth-order valence-corrected chi connectivity index (χ4v) is 5.55. The van der Waals surface area contributed by atoms with E-state index in [1.807, 2.05) is 0 Å². The number of ether oxygens (including phenoxy) is 1. The van der Waals surface area contributed by atoms with Gasteiger partial charge in [0.25, 0.3) is 0 Å². The molecule has 0 atom stereocenters. The van der Waals surface area contributed by atoms with Crippen LogP contribution >= 0.6 is 0 Å². The molecule has 148 valence electrons. The molecule has 0 aromatic heterocycles. The zero-order valence-corrected chi connectivity index (χ0v) is 17.0. The number of carbonyl (C=O) groups is 1. The van der Waals surface area contributed by atoms with Crippen molar-refractivity contribution in [2.45, 2.75) is 77.7 Å². The third-order valence-corrected chi connectivity index (χ3v) is 7.08. The van der Waals surface area contributed by atoms with Gasteiger partial charge in [0.15, 0.2) is 0 Å². The van der Waals surface area contributed by atoms with Gasteiger partial charge in [-0.1, -0.05) is 6.07 Å². The summed E-state index contributed by atoms with van der Waals surface area (Å²) >= 11 is 0. The number of hydrogen-bond acceptors (Lipinski definition) is 3. The van der Waals surface area contributed by atoms with Gasteiger partial charge < -0.3 is 14.7 Å². The number of piperidine rings is 1. The Balaban J connectivity index is 1.43. The van der Waals surface area contributed by atoms with Gasteiger partial charge in [-0.3, -0.25) is 4.79 Å². The normalized spacial score (nSPS) is 23.9. The topological polar surface area (TPSA) is 49.8 Å². The number of fused-ring (bicyclic) bond motifs is 1. The minimum atomic E-state index is -0.637. The maximum atomic E-state index is 11.0. The Morgan fingerprint density at radius 2 is 1.85 bits per heavy atom. The molecule has 1 aliphatic carbocycles. The first-order valence-electron chi connectivity index (χ1n) is 10.5. The van der Waals surface area contributed by atoms with Gasteiger partial charge in [0.2, 0.25) is 0 Å². The van der Waals surface area contributed by atoms with Crippen molar-refractivity contribution >= 4 is 11.7 Å². The number of anilines is 1. The van der Waals surface area contributed by atoms with E-state index in [0.717, 1.165) is 38.1 Å². The molecule has 4 rings (SSSR count). The number of aryl methyl sites for hydroxylation is 1. The number of rotatable bonds is 3. The van der Waals surface area contributed by atoms with Gasteiger partial charge in [-0.25, -0.2) is 0 Å². The van der Waals surface area contributed by atoms with Gasteiger partial charge in [0, 0.05) is 31.5 Å². The molecule has 1 N–H and O–H groups in total. The lowest BCUT2D eigenvalue weighted by Crippen LogP contribution is -2.42. The zero-order chi connectivity index (χ0) is 19.2. The van der Waals surface area contributed by atoms with E-state index in [2.05, 4.69) is 37.8 Å². The monoisotopic (exact) mass is 371 g/mol. The Labute approximate surface area is 162 Å². The second kappa shape index (κ2) is 6.72. The van der Waals surface area contributed by atoms with Crippen LogP contribution in [0.25, 0.3) is 0 Å². The molecule has 0 radical (unpaired) electrons. The van der Waals surface area contributed by atoms with Crippen molar-refractivity contribution in [1.29, 1.82) is 0 Å². The Kier molecular flexibility index (Phi) is 4.64. The summed E-state index contributed by atoms with van der Waals surface area (Å²) in [5.74, 6) is 0.857. The zero-order valence-electron chi connectivity index (χ0n) is 17.0. The van der Waals surface area contributed by atoms with Crippen LogP contribution in [0.5, 0.6) is 5.75 Å². The van der Waals surface area contributed by atoms with Gasteiger partial charge in [0.05, 0.1) is 5.69 Å². The maximum absolute atomic E-state index is 11.0. The van der Waals surface area contributed by atoms with E-state index in [1.165, 1.54) is 42.5 Å². The van der Waals surface area contributed by atoms with Crippen LogP contribution in [-0.2, 0) is 11.2 Å². The minimum Gasteiger partial charge on any atom is -0.485 e. The van der Waals surface area contributed by atoms with Crippen molar-refractivity contribution in [3.05, 3.63) is 23.3 Å². The Morgan fingerprint density at radius 1 is 1.19 bits per heavy atom. The van der Waals surface area contributed by atoms with Gasteiger partial charge >= 0.3 is 5.97 Å². The number of nitrogens with zero attached hydrogens (tertiary/aromatic N) is 1. The molecule has 0 unspecified atom stereocenters. The van der Waals surface area contributed by atoms with E-state index >= 15 is 0 Å². The predicted octanol–water partition coefficient (Wildman–Crippen LogP) is 4.96. The number of aliphatic carboxylic acids is 1. The Bertz CT molecular complexity index is 721. The van der Waals surface area contributed by atoms with Crippen molar-refractivity contribution in [3.63, 3.8) is 0 Å². The third-order valence-electron chi connectivity index (χ3n) is 7.08. The highest BCUT2D eigenvalue weighted by Crippen LogP contribution is 2.49. The van der Waals surface area contributed by atoms with Gasteiger partial charge in [-0.2, -0.15) is 0 Å². The lowest BCUT2D eigenvalue weighted by Gasteiger charge is -2.46. The third kappa shape index (κ3) is 3.81. The van der Waals surface area contributed by atoms with E-state index < -0.39 is 5.97 Å². The molecule has 1 aromatic rings. The number of carboxylic acids is 1. The van der Waals surface area contributed by atoms with Crippen LogP contribution in [0.3, 0.4) is 0 Å². The SMILES string of the molecule is Cc1cc2c(c(N3CCC4(CCC(CC(=O)O)CC4)CC3)c1)OC(C)(C)C2. The van der Waals surface area contributed by atoms with Crippen LogP contribution in [0, 0.1) is 18.3 Å². The van der Waals surface area contributed by atoms with Crippen LogP contribution in [0.1, 0.15) is 69.9 Å². The summed E-state index contributed by atoms with van der Waals surface area (Å²) in [5.41, 5.74) is 4.29. The van der Waals surface area contributed by atoms with E-state index in [0.29, 0.717) is 17.8 Å². The standard InChI is InChI=1S/C23H33NO3/c1-16-12-18-15-22(2,3)27-21(18)19(13-16)24-10-8-23(9-11-24)6-4-17(5-7-23)14-20(25)26/h12-13,17H,4-11,14-15H2,1-3H3,(H,25,26). The summed E-state index contributed by atoms with van der Waals surface area (Å²) in [7, 11) is 0. The molecular weight excluding hydrogens is 338 g/mol. The van der Waals surface area contributed by atoms with Crippen molar-refractivity contribution in [2.24, 2.45) is 11.3 Å². The molecule has 3 aliphatic rings. The van der Waals surface area contributed by atoms with Crippen molar-refractivity contribution in [3.8, 4) is 5.75 Å². The first-order chi connectivity index (χ1) is 12.8. The molecule has 0 bridgehead atoms. The average molecular weight is 372 g/mol. The molecule has 1 spiro atoms. The lowest BCUT2D eigenvalue weighted by molar-refractivity contribution is -0.138. The molecule has 1 aromatic carbocycles. The van der Waals surface area contributed by atoms with E-state index in [9.17, 15) is 4.79 Å². The van der Waals surface area contributed by atoms with Crippen molar-refractivity contribution in [2.75, 3.05) is 18.0 Å². The van der Waals surface area contributed by atoms with E-state index in [4.69, 9.17) is 9.84 Å². The van der Waals surface area contributed by atoms with E-state index in [1.54, 1.807) is 0 Å². The summed E-state index contributed by atoms with van der Waals surface area (Å²) in [6.07, 6.45) is 8.36. The molecule has 2 fully saturated rings. The number of hydrogen-bond donors (Lipinski definition) is 1. The van der Waals surface area contributed by atoms with Gasteiger partial charge in [0.1, 0.15) is 11.4 Å². The molecule has 2 heterocycles. The number of carboxylic acid groups (broad SMARTS) is 1. The average Bonchev–Trinajstić information content (AvgIpc) is 2.91. The first kappa shape index (κ1) is 18.6. The maximum Gasteiger partial charge on any atom is 0.303 e. The smallest absolute Gasteiger partial charge is 0.303 e. The first-order valence-corrected chi connectivity index (χ1v) is 10.5. The summed E-state index contributed by atoms with van der Waals surface area (Å²) in [6.45, 7) is 8.70. The lowest BCUT2D eigenvalue weighted by atomic mass is 9.65. The Hall–Kier alpha value is -1.71. The Morgan fingerprint density at radius 3 is 2.48 bits per heavy atom. The highest BCUT2D eigenvalue weighted by atomic mass is 16.5. The quantitative estimate of drug-likeness (QED) is 0.816. The highest BCUT2D eigenvalue weighted by Gasteiger charge is 2.40. The van der Waals surface area contributed by atoms with Crippen molar-refractivity contribution < 1.29 is 14.6 Å². The van der Waals surface area contributed by atoms with Gasteiger partial charge in [-0.15, -0.1) is 0 Å². The van der Waals surface area contributed by atoms with Crippen LogP contribution < -0.4 is 9.64 Å².